The first-order valence-corrected chi connectivity index (χ1v) is 16.0. The highest BCUT2D eigenvalue weighted by Gasteiger charge is 2.35. The quantitative estimate of drug-likeness (QED) is 0.195. The molecule has 4 heterocycles. The SMILES string of the molecule is C1=CC2Oc3cccc(-c4nc(-c5ccccc5)nc(-c5ccc(-c6ccc7ccc8oc9ccncc9c8c7c6)cc5)n4)c3C2C=C1. The van der Waals surface area contributed by atoms with E-state index < -0.39 is 0 Å². The van der Waals surface area contributed by atoms with E-state index in [4.69, 9.17) is 24.1 Å². The number of pyridine rings is 1. The first-order valence-electron chi connectivity index (χ1n) is 16.0. The minimum atomic E-state index is -0.0244. The van der Waals surface area contributed by atoms with Crippen LogP contribution in [0.15, 0.2) is 150 Å². The molecule has 2 aliphatic rings. The molecule has 0 bridgehead atoms. The van der Waals surface area contributed by atoms with Gasteiger partial charge >= 0.3 is 0 Å². The molecule has 10 rings (SSSR count). The summed E-state index contributed by atoms with van der Waals surface area (Å²) in [7, 11) is 0. The van der Waals surface area contributed by atoms with Crippen LogP contribution in [0.1, 0.15) is 11.5 Å². The number of furan rings is 1. The van der Waals surface area contributed by atoms with Gasteiger partial charge in [-0.1, -0.05) is 103 Å². The van der Waals surface area contributed by atoms with Crippen LogP contribution in [-0.4, -0.2) is 26.0 Å². The van der Waals surface area contributed by atoms with Crippen LogP contribution in [0.4, 0.5) is 0 Å². The van der Waals surface area contributed by atoms with Crippen LogP contribution in [0.3, 0.4) is 0 Å². The molecule has 0 amide bonds. The van der Waals surface area contributed by atoms with Crippen LogP contribution in [0, 0.1) is 0 Å². The zero-order valence-corrected chi connectivity index (χ0v) is 25.6. The molecule has 5 aromatic carbocycles. The smallest absolute Gasteiger partial charge is 0.164 e. The molecule has 2 atom stereocenters. The summed E-state index contributed by atoms with van der Waals surface area (Å²) >= 11 is 0. The van der Waals surface area contributed by atoms with E-state index in [0.29, 0.717) is 17.5 Å². The molecule has 2 unspecified atom stereocenters. The lowest BCUT2D eigenvalue weighted by Gasteiger charge is -2.16. The summed E-state index contributed by atoms with van der Waals surface area (Å²) in [5.74, 6) is 2.87. The molecule has 6 nitrogen and oxygen atoms in total. The summed E-state index contributed by atoms with van der Waals surface area (Å²) in [6.45, 7) is 0. The molecule has 3 aromatic heterocycles. The summed E-state index contributed by atoms with van der Waals surface area (Å²) < 4.78 is 12.4. The lowest BCUT2D eigenvalue weighted by molar-refractivity contribution is 0.269. The Balaban J connectivity index is 1.08. The third kappa shape index (κ3) is 4.27. The number of aromatic nitrogens is 4. The number of ether oxygens (including phenoxy) is 1. The third-order valence-electron chi connectivity index (χ3n) is 9.39. The van der Waals surface area contributed by atoms with Gasteiger partial charge in [0.25, 0.3) is 0 Å². The van der Waals surface area contributed by atoms with Gasteiger partial charge in [0.1, 0.15) is 23.0 Å². The molecule has 226 valence electrons. The van der Waals surface area contributed by atoms with Crippen LogP contribution < -0.4 is 4.74 Å². The summed E-state index contributed by atoms with van der Waals surface area (Å²) in [5, 5.41) is 4.40. The number of nitrogens with zero attached hydrogens (tertiary/aromatic N) is 4. The molecule has 8 aromatic rings. The minimum Gasteiger partial charge on any atom is -0.485 e. The van der Waals surface area contributed by atoms with Crippen molar-refractivity contribution in [2.75, 3.05) is 0 Å². The van der Waals surface area contributed by atoms with Gasteiger partial charge in [0.15, 0.2) is 17.5 Å². The van der Waals surface area contributed by atoms with Crippen molar-refractivity contribution in [3.05, 3.63) is 151 Å². The Morgan fingerprint density at radius 2 is 1.31 bits per heavy atom. The zero-order valence-electron chi connectivity index (χ0n) is 25.6. The van der Waals surface area contributed by atoms with E-state index in [0.717, 1.165) is 71.8 Å². The number of fused-ring (bicyclic) bond motifs is 8. The van der Waals surface area contributed by atoms with Crippen molar-refractivity contribution >= 4 is 32.7 Å². The second kappa shape index (κ2) is 10.6. The molecule has 48 heavy (non-hydrogen) atoms. The van der Waals surface area contributed by atoms with Crippen LogP contribution in [-0.2, 0) is 0 Å². The van der Waals surface area contributed by atoms with E-state index in [1.807, 2.05) is 66.9 Å². The standard InChI is InChI=1S/C42H26N4O2/c1-2-7-27(8-3-1)40-44-41(46-42(45-40)31-10-6-12-36-38(31)30-9-4-5-11-34(30)47-36)28-16-13-25(14-17-28)29-18-15-26-19-20-37-39(32(26)23-29)33-24-43-22-21-35(33)48-37/h1-24,30,34H. The normalized spacial score (nSPS) is 16.3. The fraction of sp³-hybridized carbons (Fsp3) is 0.0476. The van der Waals surface area contributed by atoms with Crippen LogP contribution in [0.2, 0.25) is 0 Å². The van der Waals surface area contributed by atoms with Crippen molar-refractivity contribution in [1.82, 2.24) is 19.9 Å². The van der Waals surface area contributed by atoms with Gasteiger partial charge in [-0.3, -0.25) is 4.98 Å². The Hall–Kier alpha value is -6.40. The van der Waals surface area contributed by atoms with Gasteiger partial charge in [-0.15, -0.1) is 0 Å². The Morgan fingerprint density at radius 3 is 2.19 bits per heavy atom. The van der Waals surface area contributed by atoms with Crippen LogP contribution >= 0.6 is 0 Å². The van der Waals surface area contributed by atoms with Crippen molar-refractivity contribution < 1.29 is 9.15 Å². The largest absolute Gasteiger partial charge is 0.485 e. The maximum absolute atomic E-state index is 6.31. The van der Waals surface area contributed by atoms with Crippen molar-refractivity contribution in [2.24, 2.45) is 0 Å². The fourth-order valence-electron chi connectivity index (χ4n) is 7.06. The van der Waals surface area contributed by atoms with Crippen LogP contribution in [0.25, 0.3) is 78.0 Å². The van der Waals surface area contributed by atoms with Crippen LogP contribution in [0.5, 0.6) is 5.75 Å². The first kappa shape index (κ1) is 26.8. The number of hydrogen-bond acceptors (Lipinski definition) is 6. The molecule has 1 aliphatic heterocycles. The average molecular weight is 619 g/mol. The molecule has 0 radical (unpaired) electrons. The summed E-state index contributed by atoms with van der Waals surface area (Å²) in [6, 6.07) is 37.3. The number of allylic oxidation sites excluding steroid dienone is 2. The predicted molar refractivity (Wildman–Crippen MR) is 190 cm³/mol. The molecule has 0 saturated heterocycles. The first-order chi connectivity index (χ1) is 23.8. The van der Waals surface area contributed by atoms with E-state index in [1.165, 1.54) is 0 Å². The highest BCUT2D eigenvalue weighted by Crippen LogP contribution is 2.46. The Kier molecular flexibility index (Phi) is 5.90. The monoisotopic (exact) mass is 618 g/mol. The summed E-state index contributed by atoms with van der Waals surface area (Å²) in [4.78, 5) is 19.4. The third-order valence-corrected chi connectivity index (χ3v) is 9.39. The van der Waals surface area contributed by atoms with E-state index in [2.05, 4.69) is 77.8 Å². The maximum Gasteiger partial charge on any atom is 0.164 e. The van der Waals surface area contributed by atoms with E-state index in [9.17, 15) is 0 Å². The summed E-state index contributed by atoms with van der Waals surface area (Å²) in [5.41, 5.74) is 7.84. The molecule has 6 heteroatoms. The maximum atomic E-state index is 6.31. The lowest BCUT2D eigenvalue weighted by atomic mass is 9.88. The van der Waals surface area contributed by atoms with Gasteiger partial charge in [-0.05, 0) is 52.2 Å². The Morgan fingerprint density at radius 1 is 0.562 bits per heavy atom. The fourth-order valence-corrected chi connectivity index (χ4v) is 7.06. The molecule has 0 spiro atoms. The molecular weight excluding hydrogens is 592 g/mol. The molecule has 1 aliphatic carbocycles. The van der Waals surface area contributed by atoms with Gasteiger partial charge in [0.2, 0.25) is 0 Å². The molecule has 0 saturated carbocycles. The van der Waals surface area contributed by atoms with Crippen molar-refractivity contribution in [3.63, 3.8) is 0 Å². The predicted octanol–water partition coefficient (Wildman–Crippen LogP) is 9.96. The lowest BCUT2D eigenvalue weighted by Crippen LogP contribution is -2.16. The Bertz CT molecular complexity index is 2600. The Labute approximate surface area is 275 Å². The van der Waals surface area contributed by atoms with E-state index in [-0.39, 0.29) is 12.0 Å². The molecule has 0 fully saturated rings. The molecule has 0 N–H and O–H groups in total. The average Bonchev–Trinajstić information content (AvgIpc) is 3.74. The van der Waals surface area contributed by atoms with Crippen molar-refractivity contribution in [2.45, 2.75) is 12.0 Å². The highest BCUT2D eigenvalue weighted by molar-refractivity contribution is 6.19. The highest BCUT2D eigenvalue weighted by atomic mass is 16.5. The van der Waals surface area contributed by atoms with Crippen molar-refractivity contribution in [1.29, 1.82) is 0 Å². The van der Waals surface area contributed by atoms with Crippen molar-refractivity contribution in [3.8, 4) is 51.0 Å². The second-order valence-electron chi connectivity index (χ2n) is 12.2. The topological polar surface area (TPSA) is 73.9 Å². The number of hydrogen-bond donors (Lipinski definition) is 0. The number of rotatable bonds is 4. The summed E-state index contributed by atoms with van der Waals surface area (Å²) in [6.07, 6.45) is 12.1. The van der Waals surface area contributed by atoms with Gasteiger partial charge in [0, 0.05) is 51.3 Å². The van der Waals surface area contributed by atoms with Gasteiger partial charge < -0.3 is 9.15 Å². The van der Waals surface area contributed by atoms with E-state index in [1.54, 1.807) is 6.20 Å². The van der Waals surface area contributed by atoms with Gasteiger partial charge in [-0.2, -0.15) is 0 Å². The zero-order chi connectivity index (χ0) is 31.6. The van der Waals surface area contributed by atoms with Gasteiger partial charge in [0.05, 0.1) is 0 Å². The second-order valence-corrected chi connectivity index (χ2v) is 12.2. The van der Waals surface area contributed by atoms with Gasteiger partial charge in [-0.25, -0.2) is 15.0 Å². The van der Waals surface area contributed by atoms with E-state index >= 15 is 0 Å². The minimum absolute atomic E-state index is 0.0244. The molecular formula is C42H26N4O2. The number of benzene rings is 5.